The Morgan fingerprint density at radius 2 is 1.72 bits per heavy atom. The molecule has 150 valence electrons. The monoisotopic (exact) mass is 412 g/mol. The Morgan fingerprint density at radius 1 is 1.00 bits per heavy atom. The number of nitrogens with one attached hydrogen (secondary N) is 1. The van der Waals surface area contributed by atoms with Crippen LogP contribution in [0.1, 0.15) is 21.5 Å². The Morgan fingerprint density at radius 3 is 2.41 bits per heavy atom. The van der Waals surface area contributed by atoms with Gasteiger partial charge in [-0.1, -0.05) is 36.4 Å². The second-order valence-corrected chi connectivity index (χ2v) is 8.57. The van der Waals surface area contributed by atoms with Crippen LogP contribution in [0.15, 0.2) is 77.7 Å². The van der Waals surface area contributed by atoms with Gasteiger partial charge in [-0.15, -0.1) is 0 Å². The summed E-state index contributed by atoms with van der Waals surface area (Å²) in [6.45, 7) is 1.94. The molecular formula is C22H21FN2O3S. The smallest absolute Gasteiger partial charge is 0.264 e. The van der Waals surface area contributed by atoms with Crippen LogP contribution < -0.4 is 9.62 Å². The van der Waals surface area contributed by atoms with E-state index in [1.807, 2.05) is 0 Å². The lowest BCUT2D eigenvalue weighted by atomic mass is 10.1. The first-order chi connectivity index (χ1) is 13.8. The van der Waals surface area contributed by atoms with E-state index < -0.39 is 10.0 Å². The molecule has 0 aliphatic rings. The number of halogens is 1. The average Bonchev–Trinajstić information content (AvgIpc) is 2.72. The number of carbonyl (C=O) groups excluding carboxylic acids is 1. The van der Waals surface area contributed by atoms with E-state index >= 15 is 0 Å². The van der Waals surface area contributed by atoms with Crippen LogP contribution in [0, 0.1) is 12.7 Å². The van der Waals surface area contributed by atoms with Crippen molar-refractivity contribution in [1.82, 2.24) is 5.32 Å². The molecule has 3 aromatic rings. The summed E-state index contributed by atoms with van der Waals surface area (Å²) in [5.74, 6) is -0.747. The Labute approximate surface area is 169 Å². The summed E-state index contributed by atoms with van der Waals surface area (Å²) >= 11 is 0. The van der Waals surface area contributed by atoms with Gasteiger partial charge in [-0.3, -0.25) is 9.10 Å². The highest BCUT2D eigenvalue weighted by Gasteiger charge is 2.23. The summed E-state index contributed by atoms with van der Waals surface area (Å²) in [6.07, 6.45) is 0. The zero-order chi connectivity index (χ0) is 21.0. The minimum atomic E-state index is -3.76. The van der Waals surface area contributed by atoms with E-state index in [0.717, 1.165) is 0 Å². The van der Waals surface area contributed by atoms with Crippen molar-refractivity contribution >= 4 is 21.6 Å². The molecule has 0 spiro atoms. The van der Waals surface area contributed by atoms with Crippen molar-refractivity contribution in [2.45, 2.75) is 18.4 Å². The van der Waals surface area contributed by atoms with E-state index in [-0.39, 0.29) is 23.2 Å². The van der Waals surface area contributed by atoms with Gasteiger partial charge in [-0.2, -0.15) is 0 Å². The predicted molar refractivity (Wildman–Crippen MR) is 111 cm³/mol. The van der Waals surface area contributed by atoms with Gasteiger partial charge in [0.1, 0.15) is 5.82 Å². The first-order valence-corrected chi connectivity index (χ1v) is 10.4. The Balaban J connectivity index is 1.83. The Bertz CT molecular complexity index is 1130. The first kappa shape index (κ1) is 20.5. The number of amides is 1. The van der Waals surface area contributed by atoms with Gasteiger partial charge in [0.15, 0.2) is 0 Å². The molecule has 0 heterocycles. The van der Waals surface area contributed by atoms with E-state index in [2.05, 4.69) is 5.32 Å². The van der Waals surface area contributed by atoms with Crippen LogP contribution in [-0.4, -0.2) is 21.4 Å². The normalized spacial score (nSPS) is 11.1. The topological polar surface area (TPSA) is 66.5 Å². The second kappa shape index (κ2) is 8.45. The van der Waals surface area contributed by atoms with Crippen LogP contribution in [-0.2, 0) is 16.6 Å². The lowest BCUT2D eigenvalue weighted by Crippen LogP contribution is -2.28. The fraction of sp³-hybridized carbons (Fsp3) is 0.136. The lowest BCUT2D eigenvalue weighted by Gasteiger charge is -2.22. The quantitative estimate of drug-likeness (QED) is 0.668. The third kappa shape index (κ3) is 4.63. The maximum atomic E-state index is 13.3. The molecule has 0 radical (unpaired) electrons. The molecule has 7 heteroatoms. The van der Waals surface area contributed by atoms with E-state index in [9.17, 15) is 17.6 Å². The molecule has 0 unspecified atom stereocenters. The maximum absolute atomic E-state index is 13.3. The Hall–Kier alpha value is -3.19. The zero-order valence-electron chi connectivity index (χ0n) is 16.1. The largest absolute Gasteiger partial charge is 0.348 e. The van der Waals surface area contributed by atoms with Crippen molar-refractivity contribution in [3.8, 4) is 0 Å². The number of sulfonamides is 1. The van der Waals surface area contributed by atoms with Gasteiger partial charge in [0.05, 0.1) is 10.6 Å². The number of hydrogen-bond acceptors (Lipinski definition) is 3. The molecule has 0 aliphatic carbocycles. The van der Waals surface area contributed by atoms with Crippen molar-refractivity contribution in [1.29, 1.82) is 0 Å². The van der Waals surface area contributed by atoms with Gasteiger partial charge in [0.2, 0.25) is 0 Å². The van der Waals surface area contributed by atoms with Crippen molar-refractivity contribution in [3.63, 3.8) is 0 Å². The third-order valence-electron chi connectivity index (χ3n) is 4.55. The van der Waals surface area contributed by atoms with E-state index in [4.69, 9.17) is 0 Å². The second-order valence-electron chi connectivity index (χ2n) is 6.60. The highest BCUT2D eigenvalue weighted by Crippen LogP contribution is 2.26. The molecule has 5 nitrogen and oxygen atoms in total. The molecular weight excluding hydrogens is 391 g/mol. The predicted octanol–water partition coefficient (Wildman–Crippen LogP) is 3.89. The van der Waals surface area contributed by atoms with Crippen LogP contribution in [0.3, 0.4) is 0 Å². The molecule has 0 saturated carbocycles. The maximum Gasteiger partial charge on any atom is 0.264 e. The zero-order valence-corrected chi connectivity index (χ0v) is 16.9. The number of rotatable bonds is 6. The van der Waals surface area contributed by atoms with Crippen LogP contribution >= 0.6 is 0 Å². The van der Waals surface area contributed by atoms with Gasteiger partial charge in [-0.05, 0) is 54.4 Å². The number of aryl methyl sites for hydroxylation is 1. The number of benzene rings is 3. The van der Waals surface area contributed by atoms with Crippen LogP contribution in [0.2, 0.25) is 0 Å². The Kier molecular flexibility index (Phi) is 5.98. The van der Waals surface area contributed by atoms with E-state index in [1.54, 1.807) is 49.4 Å². The van der Waals surface area contributed by atoms with Crippen molar-refractivity contribution in [3.05, 3.63) is 95.3 Å². The number of carbonyl (C=O) groups is 1. The summed E-state index contributed by atoms with van der Waals surface area (Å²) in [6, 6.07) is 18.9. The van der Waals surface area contributed by atoms with E-state index in [0.29, 0.717) is 22.4 Å². The minimum Gasteiger partial charge on any atom is -0.348 e. The van der Waals surface area contributed by atoms with Gasteiger partial charge in [0, 0.05) is 19.2 Å². The molecule has 0 fully saturated rings. The highest BCUT2D eigenvalue weighted by molar-refractivity contribution is 7.92. The van der Waals surface area contributed by atoms with Gasteiger partial charge in [-0.25, -0.2) is 12.8 Å². The number of hydrogen-bond donors (Lipinski definition) is 1. The highest BCUT2D eigenvalue weighted by atomic mass is 32.2. The summed E-state index contributed by atoms with van der Waals surface area (Å²) in [5, 5.41) is 2.72. The summed E-state index contributed by atoms with van der Waals surface area (Å²) < 4.78 is 40.2. The van der Waals surface area contributed by atoms with Crippen molar-refractivity contribution < 1.29 is 17.6 Å². The molecule has 0 aliphatic heterocycles. The molecule has 0 bridgehead atoms. The fourth-order valence-electron chi connectivity index (χ4n) is 2.90. The van der Waals surface area contributed by atoms with Crippen LogP contribution in [0.25, 0.3) is 0 Å². The standard InChI is InChI=1S/C22H21FN2O3S/c1-16-11-12-18(22(26)24-15-17-7-6-8-19(23)13-17)14-21(16)25(2)29(27,28)20-9-4-3-5-10-20/h3-14H,15H2,1-2H3,(H,24,26). The van der Waals surface area contributed by atoms with Gasteiger partial charge < -0.3 is 5.32 Å². The average molecular weight is 412 g/mol. The summed E-state index contributed by atoms with van der Waals surface area (Å²) in [4.78, 5) is 12.7. The number of anilines is 1. The molecule has 0 aromatic heterocycles. The molecule has 3 aromatic carbocycles. The molecule has 29 heavy (non-hydrogen) atoms. The summed E-state index contributed by atoms with van der Waals surface area (Å²) in [5.41, 5.74) is 2.08. The van der Waals surface area contributed by atoms with Crippen molar-refractivity contribution in [2.75, 3.05) is 11.4 Å². The first-order valence-electron chi connectivity index (χ1n) is 8.96. The summed E-state index contributed by atoms with van der Waals surface area (Å²) in [7, 11) is -2.30. The molecule has 0 atom stereocenters. The van der Waals surface area contributed by atoms with Gasteiger partial charge >= 0.3 is 0 Å². The van der Waals surface area contributed by atoms with Crippen LogP contribution in [0.4, 0.5) is 10.1 Å². The molecule has 3 rings (SSSR count). The molecule has 1 amide bonds. The van der Waals surface area contributed by atoms with E-state index in [1.165, 1.54) is 41.7 Å². The number of nitrogens with zero attached hydrogens (tertiary/aromatic N) is 1. The van der Waals surface area contributed by atoms with Gasteiger partial charge in [0.25, 0.3) is 15.9 Å². The minimum absolute atomic E-state index is 0.165. The fourth-order valence-corrected chi connectivity index (χ4v) is 4.17. The van der Waals surface area contributed by atoms with Crippen molar-refractivity contribution in [2.24, 2.45) is 0 Å². The van der Waals surface area contributed by atoms with Crippen LogP contribution in [0.5, 0.6) is 0 Å². The third-order valence-corrected chi connectivity index (χ3v) is 6.34. The molecule has 1 N–H and O–H groups in total. The lowest BCUT2D eigenvalue weighted by molar-refractivity contribution is 0.0951. The SMILES string of the molecule is Cc1ccc(C(=O)NCc2cccc(F)c2)cc1N(C)S(=O)(=O)c1ccccc1. The molecule has 0 saturated heterocycles.